The van der Waals surface area contributed by atoms with Crippen LogP contribution in [-0.4, -0.2) is 16.3 Å². The van der Waals surface area contributed by atoms with E-state index in [0.717, 1.165) is 17.9 Å². The van der Waals surface area contributed by atoms with E-state index in [4.69, 9.17) is 11.6 Å². The average Bonchev–Trinajstić information content (AvgIpc) is 2.69. The van der Waals surface area contributed by atoms with E-state index in [1.54, 1.807) is 5.06 Å². The lowest BCUT2D eigenvalue weighted by molar-refractivity contribution is -0.213. The van der Waals surface area contributed by atoms with Crippen LogP contribution in [0, 0.1) is 17.3 Å². The molecule has 0 radical (unpaired) electrons. The first-order chi connectivity index (χ1) is 13.3. The minimum Gasteiger partial charge on any atom is -0.313 e. The van der Waals surface area contributed by atoms with Crippen LogP contribution in [0.3, 0.4) is 0 Å². The SMILES string of the molecule is CC(C)(C)[C@H]1CC[C@@H]2[C@H](C1)[C@H](c1ccc(Cl)cc1)C[C@H](c1ccccc1)N2O. The van der Waals surface area contributed by atoms with Crippen molar-refractivity contribution < 1.29 is 5.21 Å². The maximum atomic E-state index is 11.2. The molecule has 2 fully saturated rings. The molecule has 1 saturated carbocycles. The van der Waals surface area contributed by atoms with E-state index in [0.29, 0.717) is 23.2 Å². The third-order valence-electron chi connectivity index (χ3n) is 7.22. The third-order valence-corrected chi connectivity index (χ3v) is 7.47. The molecule has 5 atom stereocenters. The number of piperidine rings is 1. The summed E-state index contributed by atoms with van der Waals surface area (Å²) in [5.41, 5.74) is 2.88. The summed E-state index contributed by atoms with van der Waals surface area (Å²) < 4.78 is 0. The molecule has 28 heavy (non-hydrogen) atoms. The van der Waals surface area contributed by atoms with Crippen molar-refractivity contribution >= 4 is 11.6 Å². The molecule has 150 valence electrons. The van der Waals surface area contributed by atoms with Gasteiger partial charge in [0, 0.05) is 11.1 Å². The van der Waals surface area contributed by atoms with E-state index in [-0.39, 0.29) is 12.1 Å². The molecule has 2 nitrogen and oxygen atoms in total. The first kappa shape index (κ1) is 19.9. The van der Waals surface area contributed by atoms with Crippen LogP contribution in [0.2, 0.25) is 5.02 Å². The Morgan fingerprint density at radius 1 is 0.893 bits per heavy atom. The fourth-order valence-corrected chi connectivity index (χ4v) is 5.67. The molecule has 0 aromatic heterocycles. The van der Waals surface area contributed by atoms with Gasteiger partial charge >= 0.3 is 0 Å². The molecule has 1 aliphatic heterocycles. The van der Waals surface area contributed by atoms with Gasteiger partial charge < -0.3 is 5.21 Å². The summed E-state index contributed by atoms with van der Waals surface area (Å²) >= 11 is 6.17. The highest BCUT2D eigenvalue weighted by Gasteiger charge is 2.48. The second-order valence-corrected chi connectivity index (χ2v) is 10.2. The molecule has 2 aromatic rings. The van der Waals surface area contributed by atoms with Crippen molar-refractivity contribution in [3.63, 3.8) is 0 Å². The molecular weight excluding hydrogens is 366 g/mol. The maximum Gasteiger partial charge on any atom is 0.0608 e. The van der Waals surface area contributed by atoms with Crippen LogP contribution < -0.4 is 0 Å². The van der Waals surface area contributed by atoms with Crippen LogP contribution in [0.25, 0.3) is 0 Å². The molecule has 3 heteroatoms. The highest BCUT2D eigenvalue weighted by atomic mass is 35.5. The molecule has 0 spiro atoms. The Morgan fingerprint density at radius 3 is 2.21 bits per heavy atom. The summed E-state index contributed by atoms with van der Waals surface area (Å²) in [4.78, 5) is 0. The highest BCUT2D eigenvalue weighted by molar-refractivity contribution is 6.30. The number of halogens is 1. The smallest absolute Gasteiger partial charge is 0.0608 e. The molecule has 4 rings (SSSR count). The zero-order valence-electron chi connectivity index (χ0n) is 17.2. The molecule has 2 aromatic carbocycles. The summed E-state index contributed by atoms with van der Waals surface area (Å²) in [7, 11) is 0. The van der Waals surface area contributed by atoms with Gasteiger partial charge in [0.2, 0.25) is 0 Å². The normalized spacial score (nSPS) is 31.4. The zero-order valence-corrected chi connectivity index (χ0v) is 17.9. The van der Waals surface area contributed by atoms with Crippen LogP contribution in [-0.2, 0) is 0 Å². The van der Waals surface area contributed by atoms with Gasteiger partial charge in [-0.1, -0.05) is 74.8 Å². The average molecular weight is 398 g/mol. The molecule has 1 heterocycles. The maximum absolute atomic E-state index is 11.2. The lowest BCUT2D eigenvalue weighted by atomic mass is 9.61. The molecular formula is C25H32ClNO. The summed E-state index contributed by atoms with van der Waals surface area (Å²) in [6.45, 7) is 7.09. The molecule has 1 saturated heterocycles. The van der Waals surface area contributed by atoms with Crippen molar-refractivity contribution in [3.8, 4) is 0 Å². The summed E-state index contributed by atoms with van der Waals surface area (Å²) in [5.74, 6) is 1.62. The zero-order chi connectivity index (χ0) is 19.9. The highest BCUT2D eigenvalue weighted by Crippen LogP contribution is 2.53. The Labute approximate surface area is 174 Å². The van der Waals surface area contributed by atoms with E-state index in [2.05, 4.69) is 57.2 Å². The van der Waals surface area contributed by atoms with E-state index in [1.165, 1.54) is 24.0 Å². The predicted octanol–water partition coefficient (Wildman–Crippen LogP) is 7.09. The van der Waals surface area contributed by atoms with Gasteiger partial charge in [-0.2, -0.15) is 5.06 Å². The van der Waals surface area contributed by atoms with Crippen LogP contribution in [0.5, 0.6) is 0 Å². The Kier molecular flexibility index (Phi) is 5.57. The van der Waals surface area contributed by atoms with Gasteiger partial charge in [-0.05, 0) is 72.1 Å². The van der Waals surface area contributed by atoms with Crippen LogP contribution in [0.4, 0.5) is 0 Å². The van der Waals surface area contributed by atoms with E-state index in [1.807, 2.05) is 18.2 Å². The molecule has 1 aliphatic carbocycles. The Hall–Kier alpha value is -1.35. The fraction of sp³-hybridized carbons (Fsp3) is 0.520. The quantitative estimate of drug-likeness (QED) is 0.584. The number of hydrogen-bond donors (Lipinski definition) is 1. The monoisotopic (exact) mass is 397 g/mol. The van der Waals surface area contributed by atoms with Gasteiger partial charge in [0.05, 0.1) is 6.04 Å². The van der Waals surface area contributed by atoms with Gasteiger partial charge in [-0.25, -0.2) is 0 Å². The van der Waals surface area contributed by atoms with Crippen molar-refractivity contribution in [1.82, 2.24) is 5.06 Å². The van der Waals surface area contributed by atoms with Gasteiger partial charge in [0.25, 0.3) is 0 Å². The second-order valence-electron chi connectivity index (χ2n) is 9.81. The molecule has 2 aliphatic rings. The van der Waals surface area contributed by atoms with Crippen LogP contribution in [0.15, 0.2) is 54.6 Å². The van der Waals surface area contributed by atoms with Crippen molar-refractivity contribution in [3.05, 3.63) is 70.7 Å². The van der Waals surface area contributed by atoms with Crippen LogP contribution >= 0.6 is 11.6 Å². The van der Waals surface area contributed by atoms with Crippen molar-refractivity contribution in [2.45, 2.75) is 64.5 Å². The largest absolute Gasteiger partial charge is 0.313 e. The van der Waals surface area contributed by atoms with Crippen molar-refractivity contribution in [1.29, 1.82) is 0 Å². The number of hydroxylamine groups is 2. The number of hydrogen-bond acceptors (Lipinski definition) is 2. The van der Waals surface area contributed by atoms with E-state index >= 15 is 0 Å². The lowest BCUT2D eigenvalue weighted by Gasteiger charge is -2.52. The third kappa shape index (κ3) is 3.87. The second kappa shape index (κ2) is 7.82. The Morgan fingerprint density at radius 2 is 1.57 bits per heavy atom. The van der Waals surface area contributed by atoms with Gasteiger partial charge in [0.1, 0.15) is 0 Å². The van der Waals surface area contributed by atoms with Crippen LogP contribution in [0.1, 0.15) is 69.5 Å². The summed E-state index contributed by atoms with van der Waals surface area (Å²) in [6.07, 6.45) is 4.38. The number of benzene rings is 2. The van der Waals surface area contributed by atoms with Gasteiger partial charge in [-0.3, -0.25) is 0 Å². The van der Waals surface area contributed by atoms with Crippen molar-refractivity contribution in [2.24, 2.45) is 17.3 Å². The molecule has 0 unspecified atom stereocenters. The van der Waals surface area contributed by atoms with Gasteiger partial charge in [0.15, 0.2) is 0 Å². The van der Waals surface area contributed by atoms with E-state index in [9.17, 15) is 5.21 Å². The van der Waals surface area contributed by atoms with Gasteiger partial charge in [-0.15, -0.1) is 0 Å². The molecule has 0 amide bonds. The Bertz CT molecular complexity index is 782. The standard InChI is InChI=1S/C25H32ClNO/c1-25(2,3)19-11-14-23-22(15-19)21(17-9-12-20(26)13-10-17)16-24(27(23)28)18-7-5-4-6-8-18/h4-10,12-13,19,21-24,28H,11,14-16H2,1-3H3/t19-,21-,22+,23+,24+/m0/s1. The fourth-order valence-electron chi connectivity index (χ4n) is 5.55. The number of rotatable bonds is 2. The predicted molar refractivity (Wildman–Crippen MR) is 116 cm³/mol. The number of nitrogens with zero attached hydrogens (tertiary/aromatic N) is 1. The molecule has 0 bridgehead atoms. The minimum atomic E-state index is 0.0503. The Balaban J connectivity index is 1.70. The lowest BCUT2D eigenvalue weighted by Crippen LogP contribution is -2.51. The first-order valence-electron chi connectivity index (χ1n) is 10.6. The summed E-state index contributed by atoms with van der Waals surface area (Å²) in [6, 6.07) is 19.2. The minimum absolute atomic E-state index is 0.0503. The van der Waals surface area contributed by atoms with E-state index < -0.39 is 0 Å². The topological polar surface area (TPSA) is 23.5 Å². The first-order valence-corrected chi connectivity index (χ1v) is 11.0. The van der Waals surface area contributed by atoms with Crippen molar-refractivity contribution in [2.75, 3.05) is 0 Å². The summed E-state index contributed by atoms with van der Waals surface area (Å²) in [5, 5.41) is 13.7. The molecule has 1 N–H and O–H groups in total. The number of fused-ring (bicyclic) bond motifs is 1.